The molecule has 0 aliphatic rings. The van der Waals surface area contributed by atoms with Gasteiger partial charge in [-0.25, -0.2) is 4.68 Å². The summed E-state index contributed by atoms with van der Waals surface area (Å²) in [6.45, 7) is 10.4. The molecule has 2 aromatic rings. The van der Waals surface area contributed by atoms with Gasteiger partial charge >= 0.3 is 0 Å². The van der Waals surface area contributed by atoms with Gasteiger partial charge in [-0.2, -0.15) is 5.10 Å². The summed E-state index contributed by atoms with van der Waals surface area (Å²) < 4.78 is 3.18. The molecule has 0 bridgehead atoms. The maximum atomic E-state index is 4.72. The van der Waals surface area contributed by atoms with Gasteiger partial charge in [-0.1, -0.05) is 29.8 Å². The van der Waals surface area contributed by atoms with Gasteiger partial charge in [0.05, 0.1) is 11.4 Å². The average Bonchev–Trinajstić information content (AvgIpc) is 2.71. The fraction of sp³-hybridized carbons (Fsp3) is 0.438. The fourth-order valence-corrected chi connectivity index (χ4v) is 2.99. The molecule has 3 nitrogen and oxygen atoms in total. The molecule has 0 saturated heterocycles. The quantitative estimate of drug-likeness (QED) is 0.897. The molecule has 108 valence electrons. The second-order valence-electron chi connectivity index (χ2n) is 4.97. The molecule has 1 heterocycles. The van der Waals surface area contributed by atoms with E-state index in [4.69, 9.17) is 5.10 Å². The molecule has 0 amide bonds. The number of rotatable bonds is 5. The van der Waals surface area contributed by atoms with E-state index in [1.54, 1.807) is 0 Å². The summed E-state index contributed by atoms with van der Waals surface area (Å²) in [5.41, 5.74) is 6.14. The zero-order valence-corrected chi connectivity index (χ0v) is 14.2. The molecule has 0 aliphatic heterocycles. The van der Waals surface area contributed by atoms with Gasteiger partial charge < -0.3 is 5.32 Å². The van der Waals surface area contributed by atoms with Crippen LogP contribution in [0.15, 0.2) is 22.7 Å². The molecule has 4 heteroatoms. The first-order chi connectivity index (χ1) is 9.58. The highest BCUT2D eigenvalue weighted by Gasteiger charge is 2.13. The number of hydrogen-bond acceptors (Lipinski definition) is 2. The molecule has 0 saturated carbocycles. The standard InChI is InChI=1S/C16H22BrN3/c1-5-15-11(3)19-20(12(15)4)16-8-7-14(17)9-13(16)10-18-6-2/h7-9,18H,5-6,10H2,1-4H3. The highest BCUT2D eigenvalue weighted by molar-refractivity contribution is 9.10. The molecule has 0 atom stereocenters. The summed E-state index contributed by atoms with van der Waals surface area (Å²) in [6, 6.07) is 6.38. The third-order valence-corrected chi connectivity index (χ3v) is 4.12. The van der Waals surface area contributed by atoms with Crippen molar-refractivity contribution in [3.05, 3.63) is 45.2 Å². The second kappa shape index (κ2) is 6.55. The van der Waals surface area contributed by atoms with Crippen molar-refractivity contribution < 1.29 is 0 Å². The third-order valence-electron chi connectivity index (χ3n) is 3.63. The molecule has 1 aromatic heterocycles. The monoisotopic (exact) mass is 335 g/mol. The van der Waals surface area contributed by atoms with Crippen LogP contribution in [-0.2, 0) is 13.0 Å². The summed E-state index contributed by atoms with van der Waals surface area (Å²) in [7, 11) is 0. The van der Waals surface area contributed by atoms with Crippen LogP contribution in [0.1, 0.15) is 36.4 Å². The Morgan fingerprint density at radius 2 is 2.00 bits per heavy atom. The van der Waals surface area contributed by atoms with Gasteiger partial charge in [0.2, 0.25) is 0 Å². The Balaban J connectivity index is 2.51. The largest absolute Gasteiger partial charge is 0.313 e. The zero-order valence-electron chi connectivity index (χ0n) is 12.6. The lowest BCUT2D eigenvalue weighted by atomic mass is 10.1. The maximum absolute atomic E-state index is 4.72. The van der Waals surface area contributed by atoms with Crippen LogP contribution in [0.3, 0.4) is 0 Å². The summed E-state index contributed by atoms with van der Waals surface area (Å²) in [6.07, 6.45) is 1.02. The molecular weight excluding hydrogens is 314 g/mol. The summed E-state index contributed by atoms with van der Waals surface area (Å²) in [4.78, 5) is 0. The summed E-state index contributed by atoms with van der Waals surface area (Å²) >= 11 is 3.56. The Hall–Kier alpha value is -1.13. The molecule has 0 unspecified atom stereocenters. The van der Waals surface area contributed by atoms with Gasteiger partial charge in [-0.15, -0.1) is 0 Å². The first-order valence-electron chi connectivity index (χ1n) is 7.13. The van der Waals surface area contributed by atoms with E-state index in [9.17, 15) is 0 Å². The Bertz CT molecular complexity index is 602. The van der Waals surface area contributed by atoms with Gasteiger partial charge in [0.15, 0.2) is 0 Å². The third kappa shape index (κ3) is 2.96. The molecule has 0 spiro atoms. The minimum Gasteiger partial charge on any atom is -0.313 e. The Labute approximate surface area is 129 Å². The van der Waals surface area contributed by atoms with E-state index in [0.29, 0.717) is 0 Å². The van der Waals surface area contributed by atoms with Crippen LogP contribution < -0.4 is 5.32 Å². The first kappa shape index (κ1) is 15.3. The minimum absolute atomic E-state index is 0.852. The predicted octanol–water partition coefficient (Wildman–Crippen LogP) is 3.92. The van der Waals surface area contributed by atoms with E-state index >= 15 is 0 Å². The summed E-state index contributed by atoms with van der Waals surface area (Å²) in [5.74, 6) is 0. The number of aryl methyl sites for hydroxylation is 1. The molecule has 20 heavy (non-hydrogen) atoms. The van der Waals surface area contributed by atoms with Gasteiger partial charge in [0.1, 0.15) is 0 Å². The lowest BCUT2D eigenvalue weighted by Gasteiger charge is -2.12. The van der Waals surface area contributed by atoms with Gasteiger partial charge in [-0.05, 0) is 56.1 Å². The van der Waals surface area contributed by atoms with E-state index in [-0.39, 0.29) is 0 Å². The molecular formula is C16H22BrN3. The van der Waals surface area contributed by atoms with Crippen LogP contribution in [0.25, 0.3) is 5.69 Å². The number of benzene rings is 1. The van der Waals surface area contributed by atoms with Crippen molar-refractivity contribution >= 4 is 15.9 Å². The molecule has 2 rings (SSSR count). The van der Waals surface area contributed by atoms with E-state index in [0.717, 1.165) is 35.4 Å². The number of halogens is 1. The van der Waals surface area contributed by atoms with E-state index < -0.39 is 0 Å². The second-order valence-corrected chi connectivity index (χ2v) is 5.88. The van der Waals surface area contributed by atoms with E-state index in [1.165, 1.54) is 16.8 Å². The number of nitrogens with one attached hydrogen (secondary N) is 1. The molecule has 0 radical (unpaired) electrons. The van der Waals surface area contributed by atoms with E-state index in [2.05, 4.69) is 71.8 Å². The number of hydrogen-bond donors (Lipinski definition) is 1. The van der Waals surface area contributed by atoms with Gasteiger partial charge in [-0.3, -0.25) is 0 Å². The van der Waals surface area contributed by atoms with Crippen LogP contribution in [0.2, 0.25) is 0 Å². The van der Waals surface area contributed by atoms with Crippen molar-refractivity contribution in [2.75, 3.05) is 6.54 Å². The van der Waals surface area contributed by atoms with Crippen LogP contribution >= 0.6 is 15.9 Å². The highest BCUT2D eigenvalue weighted by atomic mass is 79.9. The van der Waals surface area contributed by atoms with Crippen molar-refractivity contribution in [1.29, 1.82) is 0 Å². The normalized spacial score (nSPS) is 11.1. The van der Waals surface area contributed by atoms with Gasteiger partial charge in [0.25, 0.3) is 0 Å². The Morgan fingerprint density at radius 1 is 1.25 bits per heavy atom. The van der Waals surface area contributed by atoms with Crippen molar-refractivity contribution in [2.45, 2.75) is 40.7 Å². The van der Waals surface area contributed by atoms with Crippen LogP contribution in [-0.4, -0.2) is 16.3 Å². The van der Waals surface area contributed by atoms with Crippen molar-refractivity contribution in [1.82, 2.24) is 15.1 Å². The van der Waals surface area contributed by atoms with E-state index in [1.807, 2.05) is 0 Å². The first-order valence-corrected chi connectivity index (χ1v) is 7.92. The zero-order chi connectivity index (χ0) is 14.7. The van der Waals surface area contributed by atoms with Crippen molar-refractivity contribution in [3.8, 4) is 5.69 Å². The topological polar surface area (TPSA) is 29.9 Å². The number of nitrogens with zero attached hydrogens (tertiary/aromatic N) is 2. The Kier molecular flexibility index (Phi) is 5.00. The molecule has 0 aliphatic carbocycles. The van der Waals surface area contributed by atoms with Gasteiger partial charge in [0, 0.05) is 16.7 Å². The Morgan fingerprint density at radius 3 is 2.60 bits per heavy atom. The van der Waals surface area contributed by atoms with Crippen molar-refractivity contribution in [2.24, 2.45) is 0 Å². The van der Waals surface area contributed by atoms with Crippen LogP contribution in [0.4, 0.5) is 0 Å². The van der Waals surface area contributed by atoms with Crippen molar-refractivity contribution in [3.63, 3.8) is 0 Å². The molecule has 1 aromatic carbocycles. The lowest BCUT2D eigenvalue weighted by Crippen LogP contribution is -2.14. The van der Waals surface area contributed by atoms with Crippen LogP contribution in [0, 0.1) is 13.8 Å². The number of aromatic nitrogens is 2. The fourth-order valence-electron chi connectivity index (χ4n) is 2.58. The predicted molar refractivity (Wildman–Crippen MR) is 87.5 cm³/mol. The molecule has 0 fully saturated rings. The maximum Gasteiger partial charge on any atom is 0.0694 e. The lowest BCUT2D eigenvalue weighted by molar-refractivity contribution is 0.713. The highest BCUT2D eigenvalue weighted by Crippen LogP contribution is 2.24. The summed E-state index contributed by atoms with van der Waals surface area (Å²) in [5, 5.41) is 8.12. The van der Waals surface area contributed by atoms with Crippen LogP contribution in [0.5, 0.6) is 0 Å². The minimum atomic E-state index is 0.852. The SMILES string of the molecule is CCNCc1cc(Br)ccc1-n1nc(C)c(CC)c1C. The molecule has 1 N–H and O–H groups in total. The smallest absolute Gasteiger partial charge is 0.0694 e. The average molecular weight is 336 g/mol.